The highest BCUT2D eigenvalue weighted by molar-refractivity contribution is 5.92. The Morgan fingerprint density at radius 1 is 1.04 bits per heavy atom. The third-order valence-electron chi connectivity index (χ3n) is 4.28. The molecule has 1 amide bonds. The van der Waals surface area contributed by atoms with Crippen LogP contribution >= 0.6 is 0 Å². The molecule has 0 radical (unpaired) electrons. The van der Waals surface area contributed by atoms with E-state index >= 15 is 0 Å². The molecule has 1 N–H and O–H groups in total. The summed E-state index contributed by atoms with van der Waals surface area (Å²) in [5, 5.41) is 6.98. The normalized spacial score (nSPS) is 11.8. The van der Waals surface area contributed by atoms with Crippen LogP contribution in [0.2, 0.25) is 0 Å². The van der Waals surface area contributed by atoms with Gasteiger partial charge < -0.3 is 10.1 Å². The Morgan fingerprint density at radius 2 is 1.71 bits per heavy atom. The molecule has 1 heterocycles. The fourth-order valence-corrected chi connectivity index (χ4v) is 2.73. The van der Waals surface area contributed by atoms with Gasteiger partial charge in [0.1, 0.15) is 5.69 Å². The van der Waals surface area contributed by atoms with Gasteiger partial charge in [-0.2, -0.15) is 9.78 Å². The summed E-state index contributed by atoms with van der Waals surface area (Å²) in [6.07, 6.45) is 0.689. The van der Waals surface area contributed by atoms with Crippen molar-refractivity contribution < 1.29 is 9.53 Å². The molecule has 0 spiro atoms. The molecule has 3 rings (SSSR count). The van der Waals surface area contributed by atoms with Crippen molar-refractivity contribution in [1.82, 2.24) is 15.1 Å². The fraction of sp³-hybridized carbons (Fsp3) is 0.227. The van der Waals surface area contributed by atoms with Crippen molar-refractivity contribution in [2.75, 3.05) is 13.2 Å². The van der Waals surface area contributed by atoms with Crippen LogP contribution in [0.1, 0.15) is 35.5 Å². The average Bonchev–Trinajstić information content (AvgIpc) is 2.74. The first kappa shape index (κ1) is 19.5. The largest absolute Gasteiger partial charge is 0.374 e. The van der Waals surface area contributed by atoms with Gasteiger partial charge in [-0.1, -0.05) is 48.5 Å². The number of carbonyl (C=O) groups excluding carboxylic acids is 1. The molecule has 6 nitrogen and oxygen atoms in total. The molecule has 1 unspecified atom stereocenters. The molecule has 2 aromatic carbocycles. The lowest BCUT2D eigenvalue weighted by atomic mass is 10.1. The number of hydrogen-bond donors (Lipinski definition) is 1. The van der Waals surface area contributed by atoms with E-state index in [1.165, 1.54) is 16.8 Å². The Kier molecular flexibility index (Phi) is 6.70. The summed E-state index contributed by atoms with van der Waals surface area (Å²) in [5.41, 5.74) is 1.65. The quantitative estimate of drug-likeness (QED) is 0.612. The molecule has 0 saturated carbocycles. The van der Waals surface area contributed by atoms with Crippen molar-refractivity contribution in [1.29, 1.82) is 0 Å². The Morgan fingerprint density at radius 3 is 2.43 bits per heavy atom. The topological polar surface area (TPSA) is 73.2 Å². The van der Waals surface area contributed by atoms with Gasteiger partial charge >= 0.3 is 0 Å². The number of ether oxygens (including phenoxy) is 1. The molecule has 0 aliphatic carbocycles. The number of benzene rings is 2. The van der Waals surface area contributed by atoms with E-state index in [0.29, 0.717) is 25.3 Å². The van der Waals surface area contributed by atoms with Crippen LogP contribution in [0.25, 0.3) is 5.69 Å². The van der Waals surface area contributed by atoms with Crippen LogP contribution in [0.5, 0.6) is 0 Å². The zero-order chi connectivity index (χ0) is 19.8. The third kappa shape index (κ3) is 5.14. The average molecular weight is 377 g/mol. The van der Waals surface area contributed by atoms with Crippen LogP contribution in [0.3, 0.4) is 0 Å². The van der Waals surface area contributed by atoms with E-state index < -0.39 is 0 Å². The maximum absolute atomic E-state index is 12.3. The number of aromatic nitrogens is 2. The van der Waals surface area contributed by atoms with E-state index in [-0.39, 0.29) is 23.3 Å². The number of rotatable bonds is 8. The Hall–Kier alpha value is -3.25. The standard InChI is InChI=1S/C22H23N3O3/c1-17(18-9-4-2-5-10-18)28-16-8-15-23-22(27)20-13-14-21(26)25(24-20)19-11-6-3-7-12-19/h2-7,9-14,17H,8,15-16H2,1H3,(H,23,27). The van der Waals surface area contributed by atoms with Crippen LogP contribution in [-0.2, 0) is 4.74 Å². The molecule has 28 heavy (non-hydrogen) atoms. The predicted molar refractivity (Wildman–Crippen MR) is 108 cm³/mol. The number of amides is 1. The maximum atomic E-state index is 12.3. The fourth-order valence-electron chi connectivity index (χ4n) is 2.73. The number of nitrogens with zero attached hydrogens (tertiary/aromatic N) is 2. The maximum Gasteiger partial charge on any atom is 0.271 e. The van der Waals surface area contributed by atoms with Gasteiger partial charge in [-0.05, 0) is 37.1 Å². The molecule has 0 bridgehead atoms. The van der Waals surface area contributed by atoms with Gasteiger partial charge in [-0.15, -0.1) is 0 Å². The van der Waals surface area contributed by atoms with Crippen molar-refractivity contribution in [3.8, 4) is 5.69 Å². The first-order chi connectivity index (χ1) is 13.6. The molecule has 0 saturated heterocycles. The molecule has 144 valence electrons. The van der Waals surface area contributed by atoms with Gasteiger partial charge in [0.15, 0.2) is 0 Å². The second kappa shape index (κ2) is 9.62. The van der Waals surface area contributed by atoms with Crippen molar-refractivity contribution in [3.63, 3.8) is 0 Å². The van der Waals surface area contributed by atoms with Crippen LogP contribution in [-0.4, -0.2) is 28.8 Å². The molecule has 3 aromatic rings. The molecule has 6 heteroatoms. The minimum absolute atomic E-state index is 0.00740. The summed E-state index contributed by atoms with van der Waals surface area (Å²) in [4.78, 5) is 24.4. The minimum atomic E-state index is -0.319. The summed E-state index contributed by atoms with van der Waals surface area (Å²) in [6.45, 7) is 3.00. The molecular formula is C22H23N3O3. The van der Waals surface area contributed by atoms with Crippen molar-refractivity contribution >= 4 is 5.91 Å². The van der Waals surface area contributed by atoms with E-state index in [4.69, 9.17) is 4.74 Å². The highest BCUT2D eigenvalue weighted by Crippen LogP contribution is 2.15. The van der Waals surface area contributed by atoms with Gasteiger partial charge in [-0.3, -0.25) is 9.59 Å². The summed E-state index contributed by atoms with van der Waals surface area (Å²) in [5.74, 6) is -0.319. The van der Waals surface area contributed by atoms with Gasteiger partial charge in [0.05, 0.1) is 11.8 Å². The smallest absolute Gasteiger partial charge is 0.271 e. The highest BCUT2D eigenvalue weighted by Gasteiger charge is 2.10. The van der Waals surface area contributed by atoms with E-state index in [2.05, 4.69) is 10.4 Å². The second-order valence-corrected chi connectivity index (χ2v) is 6.34. The summed E-state index contributed by atoms with van der Waals surface area (Å²) in [7, 11) is 0. The Labute approximate surface area is 163 Å². The van der Waals surface area contributed by atoms with Gasteiger partial charge in [-0.25, -0.2) is 0 Å². The van der Waals surface area contributed by atoms with Crippen LogP contribution < -0.4 is 10.9 Å². The van der Waals surface area contributed by atoms with Crippen LogP contribution in [0.4, 0.5) is 0 Å². The molecule has 1 atom stereocenters. The first-order valence-electron chi connectivity index (χ1n) is 9.26. The highest BCUT2D eigenvalue weighted by atomic mass is 16.5. The zero-order valence-corrected chi connectivity index (χ0v) is 15.7. The predicted octanol–water partition coefficient (Wildman–Crippen LogP) is 3.13. The Bertz CT molecular complexity index is 956. The first-order valence-corrected chi connectivity index (χ1v) is 9.26. The van der Waals surface area contributed by atoms with E-state index in [9.17, 15) is 9.59 Å². The summed E-state index contributed by atoms with van der Waals surface area (Å²) in [6, 6.07) is 21.8. The van der Waals surface area contributed by atoms with Crippen LogP contribution in [0.15, 0.2) is 77.6 Å². The van der Waals surface area contributed by atoms with Gasteiger partial charge in [0.25, 0.3) is 11.5 Å². The van der Waals surface area contributed by atoms with E-state index in [0.717, 1.165) is 5.56 Å². The molecule has 1 aromatic heterocycles. The van der Waals surface area contributed by atoms with Crippen molar-refractivity contribution in [3.05, 3.63) is 94.4 Å². The minimum Gasteiger partial charge on any atom is -0.374 e. The molecular weight excluding hydrogens is 354 g/mol. The van der Waals surface area contributed by atoms with Gasteiger partial charge in [0.2, 0.25) is 0 Å². The lowest BCUT2D eigenvalue weighted by molar-refractivity contribution is 0.0634. The number of hydrogen-bond acceptors (Lipinski definition) is 4. The van der Waals surface area contributed by atoms with Crippen molar-refractivity contribution in [2.24, 2.45) is 0 Å². The summed E-state index contributed by atoms with van der Waals surface area (Å²) >= 11 is 0. The van der Waals surface area contributed by atoms with E-state index in [1.54, 1.807) is 12.1 Å². The molecule has 0 aliphatic rings. The van der Waals surface area contributed by atoms with Crippen LogP contribution in [0, 0.1) is 0 Å². The number of nitrogens with one attached hydrogen (secondary N) is 1. The molecule has 0 fully saturated rings. The second-order valence-electron chi connectivity index (χ2n) is 6.34. The lowest BCUT2D eigenvalue weighted by Crippen LogP contribution is -2.30. The summed E-state index contributed by atoms with van der Waals surface area (Å²) < 4.78 is 7.02. The SMILES string of the molecule is CC(OCCCNC(=O)c1ccc(=O)n(-c2ccccc2)n1)c1ccccc1. The van der Waals surface area contributed by atoms with E-state index in [1.807, 2.05) is 55.5 Å². The third-order valence-corrected chi connectivity index (χ3v) is 4.28. The molecule has 0 aliphatic heterocycles. The zero-order valence-electron chi connectivity index (χ0n) is 15.7. The lowest BCUT2D eigenvalue weighted by Gasteiger charge is -2.13. The van der Waals surface area contributed by atoms with Crippen molar-refractivity contribution in [2.45, 2.75) is 19.4 Å². The monoisotopic (exact) mass is 377 g/mol. The number of carbonyl (C=O) groups is 1. The Balaban J connectivity index is 1.50. The number of para-hydroxylation sites is 1. The van der Waals surface area contributed by atoms with Gasteiger partial charge in [0, 0.05) is 19.2 Å².